The first-order valence-corrected chi connectivity index (χ1v) is 10.7. The van der Waals surface area contributed by atoms with E-state index >= 15 is 0 Å². The van der Waals surface area contributed by atoms with Crippen LogP contribution in [-0.4, -0.2) is 57.3 Å². The van der Waals surface area contributed by atoms with Crippen LogP contribution in [0.3, 0.4) is 0 Å². The first kappa shape index (κ1) is 21.8. The number of rotatable bonds is 5. The third-order valence-corrected chi connectivity index (χ3v) is 6.28. The second kappa shape index (κ2) is 8.98. The van der Waals surface area contributed by atoms with E-state index in [9.17, 15) is 9.59 Å². The van der Waals surface area contributed by atoms with Crippen molar-refractivity contribution in [3.05, 3.63) is 47.5 Å². The predicted octanol–water partition coefficient (Wildman–Crippen LogP) is 3.15. The Labute approximate surface area is 188 Å². The van der Waals surface area contributed by atoms with Crippen molar-refractivity contribution in [2.45, 2.75) is 31.8 Å². The summed E-state index contributed by atoms with van der Waals surface area (Å²) in [6.07, 6.45) is 1.01. The molecule has 2 aromatic carbocycles. The molecule has 2 aliphatic rings. The van der Waals surface area contributed by atoms with Gasteiger partial charge in [-0.1, -0.05) is 0 Å². The van der Waals surface area contributed by atoms with E-state index in [0.717, 1.165) is 29.0 Å². The van der Waals surface area contributed by atoms with Crippen LogP contribution in [-0.2, 0) is 11.2 Å². The highest BCUT2D eigenvalue weighted by atomic mass is 16.5. The van der Waals surface area contributed by atoms with Crippen LogP contribution in [0.5, 0.6) is 17.2 Å². The summed E-state index contributed by atoms with van der Waals surface area (Å²) >= 11 is 0. The van der Waals surface area contributed by atoms with Gasteiger partial charge >= 0.3 is 6.03 Å². The molecule has 2 aromatic rings. The topological polar surface area (TPSA) is 80.3 Å². The van der Waals surface area contributed by atoms with Gasteiger partial charge < -0.3 is 29.3 Å². The van der Waals surface area contributed by atoms with Crippen LogP contribution in [0.15, 0.2) is 36.4 Å². The number of carbonyl (C=O) groups is 2. The number of benzene rings is 2. The minimum Gasteiger partial charge on any atom is -0.497 e. The number of nitrogens with zero attached hydrogens (tertiary/aromatic N) is 2. The lowest BCUT2D eigenvalue weighted by atomic mass is 9.93. The van der Waals surface area contributed by atoms with Crippen molar-refractivity contribution in [3.8, 4) is 17.2 Å². The SMILES string of the molecule is COc1ccc(N2C[C@H](NC(=O)N3CCc4cc(OC)c(OC)cc4[C@H]3C)CC2=O)cc1. The maximum atomic E-state index is 13.1. The number of hydrogen-bond acceptors (Lipinski definition) is 5. The van der Waals surface area contributed by atoms with Crippen LogP contribution >= 0.6 is 0 Å². The highest BCUT2D eigenvalue weighted by molar-refractivity contribution is 5.96. The summed E-state index contributed by atoms with van der Waals surface area (Å²) in [7, 11) is 4.83. The molecular weight excluding hydrogens is 410 g/mol. The highest BCUT2D eigenvalue weighted by Gasteiger charge is 2.35. The lowest BCUT2D eigenvalue weighted by Gasteiger charge is -2.36. The normalized spacial score (nSPS) is 20.1. The van der Waals surface area contributed by atoms with Crippen LogP contribution in [0.2, 0.25) is 0 Å². The molecule has 32 heavy (non-hydrogen) atoms. The Balaban J connectivity index is 1.43. The molecule has 0 aromatic heterocycles. The molecule has 0 bridgehead atoms. The van der Waals surface area contributed by atoms with Crippen molar-refractivity contribution in [3.63, 3.8) is 0 Å². The summed E-state index contributed by atoms with van der Waals surface area (Å²) in [5, 5.41) is 3.06. The molecule has 0 saturated carbocycles. The molecule has 2 atom stereocenters. The van der Waals surface area contributed by atoms with Crippen LogP contribution < -0.4 is 24.4 Å². The fraction of sp³-hybridized carbons (Fsp3) is 0.417. The summed E-state index contributed by atoms with van der Waals surface area (Å²) in [5.74, 6) is 2.07. The largest absolute Gasteiger partial charge is 0.497 e. The molecular formula is C24H29N3O5. The van der Waals surface area contributed by atoms with Crippen LogP contribution in [0.4, 0.5) is 10.5 Å². The van der Waals surface area contributed by atoms with Crippen molar-refractivity contribution in [1.29, 1.82) is 0 Å². The van der Waals surface area contributed by atoms with Crippen molar-refractivity contribution in [2.75, 3.05) is 39.3 Å². The number of fused-ring (bicyclic) bond motifs is 1. The number of methoxy groups -OCH3 is 3. The highest BCUT2D eigenvalue weighted by Crippen LogP contribution is 2.38. The second-order valence-electron chi connectivity index (χ2n) is 8.08. The molecule has 8 nitrogen and oxygen atoms in total. The first-order valence-electron chi connectivity index (χ1n) is 10.7. The first-order chi connectivity index (χ1) is 15.4. The van der Waals surface area contributed by atoms with Crippen LogP contribution in [0, 0.1) is 0 Å². The Bertz CT molecular complexity index is 1010. The standard InChI is InChI=1S/C24H29N3O5/c1-15-20-13-22(32-4)21(31-3)11-16(20)9-10-26(15)24(29)25-17-12-23(28)27(14-17)18-5-7-19(30-2)8-6-18/h5-8,11,13,15,17H,9-10,12,14H2,1-4H3,(H,25,29)/t15-,17-/m1/s1. The Hall–Kier alpha value is -3.42. The summed E-state index contributed by atoms with van der Waals surface area (Å²) < 4.78 is 16.0. The van der Waals surface area contributed by atoms with Crippen LogP contribution in [0.1, 0.15) is 30.5 Å². The molecule has 2 aliphatic heterocycles. The molecule has 1 fully saturated rings. The number of ether oxygens (including phenoxy) is 3. The Morgan fingerprint density at radius 1 is 1.03 bits per heavy atom. The molecule has 2 heterocycles. The van der Waals surface area contributed by atoms with Gasteiger partial charge in [-0.3, -0.25) is 4.79 Å². The Morgan fingerprint density at radius 2 is 1.72 bits per heavy atom. The lowest BCUT2D eigenvalue weighted by Crippen LogP contribution is -2.48. The minimum absolute atomic E-state index is 0.00524. The lowest BCUT2D eigenvalue weighted by molar-refractivity contribution is -0.117. The van der Waals surface area contributed by atoms with Gasteiger partial charge in [0.25, 0.3) is 0 Å². The van der Waals surface area contributed by atoms with Gasteiger partial charge in [0.2, 0.25) is 5.91 Å². The third-order valence-electron chi connectivity index (χ3n) is 6.28. The number of amides is 3. The zero-order valence-electron chi connectivity index (χ0n) is 18.9. The zero-order chi connectivity index (χ0) is 22.8. The molecule has 0 aliphatic carbocycles. The number of hydrogen-bond donors (Lipinski definition) is 1. The van der Waals surface area contributed by atoms with Crippen molar-refractivity contribution < 1.29 is 23.8 Å². The molecule has 4 rings (SSSR count). The fourth-order valence-corrected chi connectivity index (χ4v) is 4.50. The Kier molecular flexibility index (Phi) is 6.12. The van der Waals surface area contributed by atoms with Gasteiger partial charge in [-0.2, -0.15) is 0 Å². The fourth-order valence-electron chi connectivity index (χ4n) is 4.50. The number of urea groups is 1. The molecule has 8 heteroatoms. The van der Waals surface area contributed by atoms with Gasteiger partial charge in [-0.15, -0.1) is 0 Å². The average molecular weight is 440 g/mol. The van der Waals surface area contributed by atoms with Gasteiger partial charge in [-0.25, -0.2) is 4.79 Å². The van der Waals surface area contributed by atoms with E-state index in [4.69, 9.17) is 14.2 Å². The maximum Gasteiger partial charge on any atom is 0.318 e. The second-order valence-corrected chi connectivity index (χ2v) is 8.08. The maximum absolute atomic E-state index is 13.1. The molecule has 170 valence electrons. The van der Waals surface area contributed by atoms with Gasteiger partial charge in [0.1, 0.15) is 5.75 Å². The zero-order valence-corrected chi connectivity index (χ0v) is 18.9. The third kappa shape index (κ3) is 4.04. The molecule has 1 saturated heterocycles. The van der Waals surface area contributed by atoms with Crippen LogP contribution in [0.25, 0.3) is 0 Å². The van der Waals surface area contributed by atoms with E-state index in [1.54, 1.807) is 26.2 Å². The molecule has 0 spiro atoms. The number of nitrogens with one attached hydrogen (secondary N) is 1. The van der Waals surface area contributed by atoms with Gasteiger partial charge in [-0.05, 0) is 60.9 Å². The van der Waals surface area contributed by atoms with E-state index in [0.29, 0.717) is 24.6 Å². The quantitative estimate of drug-likeness (QED) is 0.774. The van der Waals surface area contributed by atoms with Crippen molar-refractivity contribution in [2.24, 2.45) is 0 Å². The summed E-state index contributed by atoms with van der Waals surface area (Å²) in [4.78, 5) is 29.2. The number of anilines is 1. The van der Waals surface area contributed by atoms with E-state index < -0.39 is 0 Å². The predicted molar refractivity (Wildman–Crippen MR) is 121 cm³/mol. The number of carbonyl (C=O) groups excluding carboxylic acids is 2. The minimum atomic E-state index is -0.240. The molecule has 1 N–H and O–H groups in total. The smallest absolute Gasteiger partial charge is 0.318 e. The van der Waals surface area contributed by atoms with Crippen molar-refractivity contribution >= 4 is 17.6 Å². The average Bonchev–Trinajstić information content (AvgIpc) is 3.18. The van der Waals surface area contributed by atoms with Crippen molar-refractivity contribution in [1.82, 2.24) is 10.2 Å². The van der Waals surface area contributed by atoms with E-state index in [1.807, 2.05) is 48.2 Å². The Morgan fingerprint density at radius 3 is 2.38 bits per heavy atom. The summed E-state index contributed by atoms with van der Waals surface area (Å²) in [5.41, 5.74) is 3.00. The van der Waals surface area contributed by atoms with E-state index in [2.05, 4.69) is 5.32 Å². The van der Waals surface area contributed by atoms with E-state index in [-0.39, 0.29) is 30.4 Å². The van der Waals surface area contributed by atoms with Gasteiger partial charge in [0, 0.05) is 25.2 Å². The monoisotopic (exact) mass is 439 g/mol. The van der Waals surface area contributed by atoms with Gasteiger partial charge in [0.05, 0.1) is 33.4 Å². The molecule has 0 unspecified atom stereocenters. The molecule has 3 amide bonds. The van der Waals surface area contributed by atoms with Gasteiger partial charge in [0.15, 0.2) is 11.5 Å². The summed E-state index contributed by atoms with van der Waals surface area (Å²) in [6.45, 7) is 3.05. The van der Waals surface area contributed by atoms with E-state index in [1.165, 1.54) is 0 Å². The summed E-state index contributed by atoms with van der Waals surface area (Å²) in [6, 6.07) is 10.8. The molecule has 0 radical (unpaired) electrons.